The van der Waals surface area contributed by atoms with Gasteiger partial charge in [0.2, 0.25) is 0 Å². The first-order chi connectivity index (χ1) is 8.63. The summed E-state index contributed by atoms with van der Waals surface area (Å²) in [6.45, 7) is 4.28. The topological polar surface area (TPSA) is 50.9 Å². The highest BCUT2D eigenvalue weighted by molar-refractivity contribution is 5.32. The number of aromatic nitrogens is 3. The molecular weight excluding hydrogens is 233 g/mol. The summed E-state index contributed by atoms with van der Waals surface area (Å²) in [6, 6.07) is 6.24. The molecule has 18 heavy (non-hydrogen) atoms. The zero-order valence-electron chi connectivity index (χ0n) is 10.5. The molecule has 1 aromatic heterocycles. The third-order valence-corrected chi connectivity index (χ3v) is 3.17. The van der Waals surface area contributed by atoms with Gasteiger partial charge in [0.15, 0.2) is 0 Å². The molecule has 1 unspecified atom stereocenters. The second kappa shape index (κ2) is 4.86. The molecule has 96 valence electrons. The van der Waals surface area contributed by atoms with E-state index in [4.69, 9.17) is 0 Å². The minimum absolute atomic E-state index is 0.254. The van der Waals surface area contributed by atoms with E-state index in [0.717, 1.165) is 0 Å². The average Bonchev–Trinajstić information content (AvgIpc) is 2.87. The van der Waals surface area contributed by atoms with Crippen molar-refractivity contribution < 1.29 is 9.50 Å². The molecule has 1 heterocycles. The van der Waals surface area contributed by atoms with Crippen molar-refractivity contribution in [3.63, 3.8) is 0 Å². The summed E-state index contributed by atoms with van der Waals surface area (Å²) in [7, 11) is 0. The van der Waals surface area contributed by atoms with Gasteiger partial charge in [-0.05, 0) is 19.4 Å². The van der Waals surface area contributed by atoms with Crippen LogP contribution in [0.4, 0.5) is 4.39 Å². The van der Waals surface area contributed by atoms with Gasteiger partial charge in [-0.15, -0.1) is 5.10 Å². The van der Waals surface area contributed by atoms with Crippen LogP contribution in [-0.2, 0) is 12.1 Å². The van der Waals surface area contributed by atoms with E-state index < -0.39 is 11.4 Å². The van der Waals surface area contributed by atoms with Crippen LogP contribution < -0.4 is 0 Å². The molecule has 0 fully saturated rings. The lowest BCUT2D eigenvalue weighted by Crippen LogP contribution is -2.30. The monoisotopic (exact) mass is 249 g/mol. The predicted octanol–water partition coefficient (Wildman–Crippen LogP) is 2.08. The van der Waals surface area contributed by atoms with Crippen LogP contribution in [0.2, 0.25) is 0 Å². The van der Waals surface area contributed by atoms with E-state index in [1.807, 2.05) is 6.92 Å². The Hall–Kier alpha value is -1.75. The first-order valence-electron chi connectivity index (χ1n) is 5.99. The predicted molar refractivity (Wildman–Crippen MR) is 65.4 cm³/mol. The smallest absolute Gasteiger partial charge is 0.135 e. The van der Waals surface area contributed by atoms with Crippen LogP contribution >= 0.6 is 0 Å². The second-order valence-electron chi connectivity index (χ2n) is 4.13. The molecule has 0 aliphatic rings. The number of halogens is 1. The van der Waals surface area contributed by atoms with Crippen LogP contribution in [0.5, 0.6) is 0 Å². The van der Waals surface area contributed by atoms with E-state index in [9.17, 15) is 9.50 Å². The minimum atomic E-state index is -1.40. The zero-order valence-corrected chi connectivity index (χ0v) is 10.5. The van der Waals surface area contributed by atoms with Crippen molar-refractivity contribution in [3.05, 3.63) is 47.5 Å². The normalized spacial score (nSPS) is 14.4. The molecule has 0 amide bonds. The largest absolute Gasteiger partial charge is 0.379 e. The van der Waals surface area contributed by atoms with Gasteiger partial charge in [-0.25, -0.2) is 9.07 Å². The summed E-state index contributed by atoms with van der Waals surface area (Å²) in [6.07, 6.45) is 1.83. The van der Waals surface area contributed by atoms with Gasteiger partial charge >= 0.3 is 0 Å². The van der Waals surface area contributed by atoms with Crippen molar-refractivity contribution in [1.29, 1.82) is 0 Å². The lowest BCUT2D eigenvalue weighted by atomic mass is 9.87. The maximum absolute atomic E-state index is 13.9. The number of hydrogen-bond acceptors (Lipinski definition) is 3. The Kier molecular flexibility index (Phi) is 3.43. The average molecular weight is 249 g/mol. The van der Waals surface area contributed by atoms with E-state index in [2.05, 4.69) is 10.3 Å². The van der Waals surface area contributed by atoms with E-state index in [1.54, 1.807) is 29.8 Å². The molecule has 0 saturated carbocycles. The van der Waals surface area contributed by atoms with E-state index in [-0.39, 0.29) is 5.56 Å². The van der Waals surface area contributed by atoms with Gasteiger partial charge in [-0.2, -0.15) is 0 Å². The third-order valence-electron chi connectivity index (χ3n) is 3.17. The van der Waals surface area contributed by atoms with Crippen molar-refractivity contribution in [2.24, 2.45) is 0 Å². The van der Waals surface area contributed by atoms with Crippen molar-refractivity contribution >= 4 is 0 Å². The van der Waals surface area contributed by atoms with Crippen LogP contribution in [0, 0.1) is 5.82 Å². The van der Waals surface area contributed by atoms with Gasteiger partial charge in [0, 0.05) is 12.1 Å². The maximum atomic E-state index is 13.9. The molecule has 0 radical (unpaired) electrons. The maximum Gasteiger partial charge on any atom is 0.135 e. The Morgan fingerprint density at radius 1 is 1.33 bits per heavy atom. The summed E-state index contributed by atoms with van der Waals surface area (Å²) in [4.78, 5) is 0. The van der Waals surface area contributed by atoms with Gasteiger partial charge in [-0.3, -0.25) is 0 Å². The lowest BCUT2D eigenvalue weighted by molar-refractivity contribution is 0.0629. The molecule has 2 rings (SSSR count). The summed E-state index contributed by atoms with van der Waals surface area (Å²) >= 11 is 0. The molecule has 4 nitrogen and oxygen atoms in total. The molecular formula is C13H16FN3O. The van der Waals surface area contributed by atoms with Crippen molar-refractivity contribution in [1.82, 2.24) is 15.0 Å². The first-order valence-corrected chi connectivity index (χ1v) is 5.99. The van der Waals surface area contributed by atoms with Crippen LogP contribution in [0.15, 0.2) is 30.5 Å². The van der Waals surface area contributed by atoms with Gasteiger partial charge in [0.25, 0.3) is 0 Å². The summed E-state index contributed by atoms with van der Waals surface area (Å²) < 4.78 is 15.5. The number of rotatable bonds is 4. The van der Waals surface area contributed by atoms with Gasteiger partial charge in [-0.1, -0.05) is 30.3 Å². The Bertz CT molecular complexity index is 541. The molecule has 0 spiro atoms. The van der Waals surface area contributed by atoms with E-state index in [1.165, 1.54) is 12.3 Å². The lowest BCUT2D eigenvalue weighted by Gasteiger charge is -2.27. The fourth-order valence-electron chi connectivity index (χ4n) is 2.12. The third kappa shape index (κ3) is 1.90. The number of aryl methyl sites for hydroxylation is 1. The highest BCUT2D eigenvalue weighted by atomic mass is 19.1. The molecule has 0 aliphatic carbocycles. The zero-order chi connectivity index (χ0) is 13.2. The van der Waals surface area contributed by atoms with Crippen LogP contribution in [-0.4, -0.2) is 20.1 Å². The molecule has 1 atom stereocenters. The highest BCUT2D eigenvalue weighted by Gasteiger charge is 2.35. The summed E-state index contributed by atoms with van der Waals surface area (Å²) in [5.41, 5.74) is -0.632. The second-order valence-corrected chi connectivity index (χ2v) is 4.13. The molecule has 2 aromatic rings. The Morgan fingerprint density at radius 3 is 2.67 bits per heavy atom. The van der Waals surface area contributed by atoms with Crippen molar-refractivity contribution in [3.8, 4) is 0 Å². The van der Waals surface area contributed by atoms with Gasteiger partial charge < -0.3 is 5.11 Å². The van der Waals surface area contributed by atoms with Crippen LogP contribution in [0.3, 0.4) is 0 Å². The molecule has 0 saturated heterocycles. The number of hydrogen-bond donors (Lipinski definition) is 1. The highest BCUT2D eigenvalue weighted by Crippen LogP contribution is 2.33. The standard InChI is InChI=1S/C13H16FN3O/c1-3-13(18,10-7-5-6-8-11(10)14)12-9-15-16-17(12)4-2/h5-9,18H,3-4H2,1-2H3. The Labute approximate surface area is 105 Å². The van der Waals surface area contributed by atoms with Crippen LogP contribution in [0.25, 0.3) is 0 Å². The molecule has 1 aromatic carbocycles. The first kappa shape index (κ1) is 12.7. The van der Waals surface area contributed by atoms with Gasteiger partial charge in [0.05, 0.1) is 11.9 Å². The summed E-state index contributed by atoms with van der Waals surface area (Å²) in [5, 5.41) is 18.5. The molecule has 1 N–H and O–H groups in total. The molecule has 0 aliphatic heterocycles. The number of aliphatic hydroxyl groups is 1. The molecule has 0 bridgehead atoms. The minimum Gasteiger partial charge on any atom is -0.379 e. The Morgan fingerprint density at radius 2 is 2.06 bits per heavy atom. The fraction of sp³-hybridized carbons (Fsp3) is 0.385. The quantitative estimate of drug-likeness (QED) is 0.902. The number of nitrogens with zero attached hydrogens (tertiary/aromatic N) is 3. The summed E-state index contributed by atoms with van der Waals surface area (Å²) in [5.74, 6) is -0.425. The van der Waals surface area contributed by atoms with Crippen molar-refractivity contribution in [2.75, 3.05) is 0 Å². The van der Waals surface area contributed by atoms with E-state index >= 15 is 0 Å². The van der Waals surface area contributed by atoms with E-state index in [0.29, 0.717) is 18.7 Å². The number of benzene rings is 1. The Balaban J connectivity index is 2.59. The fourth-order valence-corrected chi connectivity index (χ4v) is 2.12. The SMILES string of the molecule is CCn1nncc1C(O)(CC)c1ccccc1F. The van der Waals surface area contributed by atoms with Crippen LogP contribution in [0.1, 0.15) is 31.5 Å². The molecule has 5 heteroatoms. The van der Waals surface area contributed by atoms with Gasteiger partial charge in [0.1, 0.15) is 11.4 Å². The van der Waals surface area contributed by atoms with Crippen molar-refractivity contribution in [2.45, 2.75) is 32.4 Å².